The quantitative estimate of drug-likeness (QED) is 0.715. The van der Waals surface area contributed by atoms with Crippen LogP contribution in [0.15, 0.2) is 72.9 Å². The van der Waals surface area contributed by atoms with Gasteiger partial charge in [-0.3, -0.25) is 9.58 Å². The number of hydrogen-bond donors (Lipinski definition) is 0. The first kappa shape index (κ1) is 14.9. The van der Waals surface area contributed by atoms with Gasteiger partial charge in [-0.15, -0.1) is 0 Å². The summed E-state index contributed by atoms with van der Waals surface area (Å²) in [4.78, 5) is 2.46. The van der Waals surface area contributed by atoms with Crippen LogP contribution in [0, 0.1) is 0 Å². The molecule has 126 valence electrons. The maximum absolute atomic E-state index is 4.96. The van der Waals surface area contributed by atoms with Crippen molar-refractivity contribution in [3.8, 4) is 0 Å². The predicted molar refractivity (Wildman–Crippen MR) is 99.5 cm³/mol. The molecular formula is C22H23N3. The Hall–Kier alpha value is -2.39. The summed E-state index contributed by atoms with van der Waals surface area (Å²) in [7, 11) is 2.22. The third-order valence-electron chi connectivity index (χ3n) is 5.90. The Kier molecular flexibility index (Phi) is 3.32. The van der Waals surface area contributed by atoms with Gasteiger partial charge in [0.15, 0.2) is 0 Å². The molecule has 0 bridgehead atoms. The minimum absolute atomic E-state index is 0.157. The van der Waals surface area contributed by atoms with E-state index in [1.54, 1.807) is 0 Å². The van der Waals surface area contributed by atoms with Crippen molar-refractivity contribution < 1.29 is 0 Å². The summed E-state index contributed by atoms with van der Waals surface area (Å²) in [5, 5.41) is 4.96. The van der Waals surface area contributed by atoms with Crippen molar-refractivity contribution in [1.29, 1.82) is 0 Å². The van der Waals surface area contributed by atoms with Crippen LogP contribution in [0.25, 0.3) is 0 Å². The zero-order valence-corrected chi connectivity index (χ0v) is 14.5. The van der Waals surface area contributed by atoms with E-state index in [1.165, 1.54) is 29.7 Å². The van der Waals surface area contributed by atoms with Gasteiger partial charge in [-0.25, -0.2) is 0 Å². The molecule has 0 amide bonds. The lowest BCUT2D eigenvalue weighted by Crippen LogP contribution is -2.64. The molecule has 1 aliphatic heterocycles. The average molecular weight is 329 g/mol. The van der Waals surface area contributed by atoms with E-state index in [9.17, 15) is 0 Å². The van der Waals surface area contributed by atoms with E-state index in [1.807, 2.05) is 0 Å². The van der Waals surface area contributed by atoms with Gasteiger partial charge < -0.3 is 0 Å². The van der Waals surface area contributed by atoms with Gasteiger partial charge in [0, 0.05) is 18.7 Å². The second-order valence-electron chi connectivity index (χ2n) is 7.39. The molecule has 3 aromatic rings. The SMILES string of the molecule is CN1CC(n2ccc(C3CC3)n2)C1(c1ccccc1)c1ccccc1. The Morgan fingerprint density at radius 3 is 2.00 bits per heavy atom. The summed E-state index contributed by atoms with van der Waals surface area (Å²) in [6, 6.07) is 24.3. The molecule has 25 heavy (non-hydrogen) atoms. The number of hydrogen-bond acceptors (Lipinski definition) is 2. The van der Waals surface area contributed by atoms with Gasteiger partial charge in [0.2, 0.25) is 0 Å². The van der Waals surface area contributed by atoms with Gasteiger partial charge in [0.1, 0.15) is 0 Å². The Balaban J connectivity index is 1.65. The fraction of sp³-hybridized carbons (Fsp3) is 0.318. The van der Waals surface area contributed by atoms with Crippen molar-refractivity contribution in [1.82, 2.24) is 14.7 Å². The third-order valence-corrected chi connectivity index (χ3v) is 5.90. The van der Waals surface area contributed by atoms with E-state index in [-0.39, 0.29) is 5.54 Å². The number of aromatic nitrogens is 2. The maximum atomic E-state index is 4.96. The summed E-state index contributed by atoms with van der Waals surface area (Å²) >= 11 is 0. The molecule has 3 nitrogen and oxygen atoms in total. The molecule has 2 fully saturated rings. The standard InChI is InChI=1S/C22H23N3/c1-24-16-21(25-15-14-20(23-25)17-12-13-17)22(24,18-8-4-2-5-9-18)19-10-6-3-7-11-19/h2-11,14-15,17,21H,12-13,16H2,1H3. The van der Waals surface area contributed by atoms with Crippen molar-refractivity contribution in [2.75, 3.05) is 13.6 Å². The smallest absolute Gasteiger partial charge is 0.0954 e. The minimum Gasteiger partial charge on any atom is -0.289 e. The molecule has 2 heterocycles. The summed E-state index contributed by atoms with van der Waals surface area (Å²) < 4.78 is 2.22. The van der Waals surface area contributed by atoms with Crippen LogP contribution in [0.5, 0.6) is 0 Å². The Morgan fingerprint density at radius 1 is 0.880 bits per heavy atom. The molecule has 0 radical (unpaired) electrons. The summed E-state index contributed by atoms with van der Waals surface area (Å²) in [5.74, 6) is 0.696. The molecule has 0 spiro atoms. The summed E-state index contributed by atoms with van der Waals surface area (Å²) in [6.07, 6.45) is 4.78. The highest BCUT2D eigenvalue weighted by atomic mass is 15.4. The van der Waals surface area contributed by atoms with Crippen molar-refractivity contribution >= 4 is 0 Å². The molecule has 2 aromatic carbocycles. The van der Waals surface area contributed by atoms with Crippen molar-refractivity contribution in [3.05, 3.63) is 89.7 Å². The number of likely N-dealkylation sites (N-methyl/N-ethyl adjacent to an activating group) is 1. The molecular weight excluding hydrogens is 306 g/mol. The number of rotatable bonds is 4. The largest absolute Gasteiger partial charge is 0.289 e. The average Bonchev–Trinajstić information content (AvgIpc) is 3.40. The molecule has 1 aromatic heterocycles. The van der Waals surface area contributed by atoms with E-state index in [0.29, 0.717) is 12.0 Å². The van der Waals surface area contributed by atoms with E-state index in [4.69, 9.17) is 5.10 Å². The lowest BCUT2D eigenvalue weighted by molar-refractivity contribution is -0.0320. The Morgan fingerprint density at radius 2 is 1.48 bits per heavy atom. The van der Waals surface area contributed by atoms with Gasteiger partial charge in [0.05, 0.1) is 17.3 Å². The fourth-order valence-corrected chi connectivity index (χ4v) is 4.45. The van der Waals surface area contributed by atoms with Crippen LogP contribution in [0.3, 0.4) is 0 Å². The molecule has 1 unspecified atom stereocenters. The van der Waals surface area contributed by atoms with Crippen LogP contribution in [-0.2, 0) is 5.54 Å². The van der Waals surface area contributed by atoms with Crippen LogP contribution in [-0.4, -0.2) is 28.3 Å². The summed E-state index contributed by atoms with van der Waals surface area (Å²) in [6.45, 7) is 1.01. The van der Waals surface area contributed by atoms with Crippen molar-refractivity contribution in [2.45, 2.75) is 30.3 Å². The van der Waals surface area contributed by atoms with Crippen LogP contribution >= 0.6 is 0 Å². The summed E-state index contributed by atoms with van der Waals surface area (Å²) in [5.41, 5.74) is 3.78. The zero-order valence-electron chi connectivity index (χ0n) is 14.5. The monoisotopic (exact) mass is 329 g/mol. The van der Waals surface area contributed by atoms with E-state index >= 15 is 0 Å². The molecule has 1 saturated carbocycles. The molecule has 1 aliphatic carbocycles. The Bertz CT molecular complexity index is 825. The number of likely N-dealkylation sites (tertiary alicyclic amines) is 1. The fourth-order valence-electron chi connectivity index (χ4n) is 4.45. The van der Waals surface area contributed by atoms with Gasteiger partial charge >= 0.3 is 0 Å². The number of nitrogens with zero attached hydrogens (tertiary/aromatic N) is 3. The van der Waals surface area contributed by atoms with Crippen LogP contribution in [0.2, 0.25) is 0 Å². The Labute approximate surface area is 148 Å². The van der Waals surface area contributed by atoms with Crippen molar-refractivity contribution in [2.24, 2.45) is 0 Å². The molecule has 3 heteroatoms. The topological polar surface area (TPSA) is 21.1 Å². The lowest BCUT2D eigenvalue weighted by atomic mass is 9.69. The lowest BCUT2D eigenvalue weighted by Gasteiger charge is -2.57. The van der Waals surface area contributed by atoms with E-state index < -0.39 is 0 Å². The van der Waals surface area contributed by atoms with Gasteiger partial charge in [-0.2, -0.15) is 5.10 Å². The first-order valence-electron chi connectivity index (χ1n) is 9.17. The van der Waals surface area contributed by atoms with Gasteiger partial charge in [-0.1, -0.05) is 60.7 Å². The van der Waals surface area contributed by atoms with Gasteiger partial charge in [0.25, 0.3) is 0 Å². The van der Waals surface area contributed by atoms with Crippen molar-refractivity contribution in [3.63, 3.8) is 0 Å². The highest BCUT2D eigenvalue weighted by molar-refractivity contribution is 5.43. The second-order valence-corrected chi connectivity index (χ2v) is 7.39. The molecule has 0 N–H and O–H groups in total. The minimum atomic E-state index is -0.157. The van der Waals surface area contributed by atoms with Gasteiger partial charge in [-0.05, 0) is 37.1 Å². The second kappa shape index (κ2) is 5.57. The molecule has 1 atom stereocenters. The third kappa shape index (κ3) is 2.19. The van der Waals surface area contributed by atoms with E-state index in [0.717, 1.165) is 6.54 Å². The molecule has 5 rings (SSSR count). The first-order valence-corrected chi connectivity index (χ1v) is 9.17. The molecule has 2 aliphatic rings. The zero-order chi connectivity index (χ0) is 16.9. The number of benzene rings is 2. The van der Waals surface area contributed by atoms with Crippen LogP contribution < -0.4 is 0 Å². The highest BCUT2D eigenvalue weighted by Gasteiger charge is 2.55. The van der Waals surface area contributed by atoms with Crippen LogP contribution in [0.4, 0.5) is 0 Å². The highest BCUT2D eigenvalue weighted by Crippen LogP contribution is 2.52. The molecule has 1 saturated heterocycles. The van der Waals surface area contributed by atoms with Crippen LogP contribution in [0.1, 0.15) is 41.6 Å². The van der Waals surface area contributed by atoms with E-state index in [2.05, 4.69) is 89.6 Å². The first-order chi connectivity index (χ1) is 12.3. The predicted octanol–water partition coefficient (Wildman–Crippen LogP) is 4.19. The normalized spacial score (nSPS) is 22.5. The maximum Gasteiger partial charge on any atom is 0.0954 e.